The summed E-state index contributed by atoms with van der Waals surface area (Å²) in [7, 11) is 3.49. The Morgan fingerprint density at radius 1 is 1.29 bits per heavy atom. The molecule has 0 spiro atoms. The van der Waals surface area contributed by atoms with Crippen molar-refractivity contribution in [2.45, 2.75) is 31.6 Å². The highest BCUT2D eigenvalue weighted by atomic mass is 127. The average molecular weight is 567 g/mol. The number of ether oxygens (including phenoxy) is 1. The molecule has 1 aliphatic rings. The zero-order chi connectivity index (χ0) is 19.7. The summed E-state index contributed by atoms with van der Waals surface area (Å²) in [6, 6.07) is 8.39. The highest BCUT2D eigenvalue weighted by Crippen LogP contribution is 2.49. The first-order valence-electron chi connectivity index (χ1n) is 9.53. The number of nitrogens with one attached hydrogen (secondary N) is 2. The molecule has 28 heavy (non-hydrogen) atoms. The first-order valence-corrected chi connectivity index (χ1v) is 10.3. The van der Waals surface area contributed by atoms with Gasteiger partial charge in [0, 0.05) is 50.3 Å². The molecule has 0 radical (unpaired) electrons. The first kappa shape index (κ1) is 25.2. The minimum Gasteiger partial charge on any atom is -0.382 e. The van der Waals surface area contributed by atoms with Gasteiger partial charge in [-0.3, -0.25) is 4.79 Å². The average Bonchev–Trinajstić information content (AvgIpc) is 3.44. The number of aliphatic imine (C=N–C) groups is 1. The lowest BCUT2D eigenvalue weighted by atomic mass is 9.96. The number of rotatable bonds is 10. The zero-order valence-electron chi connectivity index (χ0n) is 17.0. The normalized spacial score (nSPS) is 14.8. The fourth-order valence-electron chi connectivity index (χ4n) is 2.82. The molecule has 1 fully saturated rings. The molecule has 2 rings (SSSR count). The third kappa shape index (κ3) is 7.87. The van der Waals surface area contributed by atoms with Crippen LogP contribution >= 0.6 is 39.9 Å². The first-order chi connectivity index (χ1) is 13.0. The standard InChI is InChI=1S/C20H31BrN4O2.HI/c1-4-27-13-7-12-22-19(23-14-18(26)25(2)3)24-15-20(10-11-20)16-8-5-6-9-17(16)21;/h5-6,8-9H,4,7,10-15H2,1-3H3,(H2,22,23,24);1H. The Labute approximate surface area is 194 Å². The molecule has 1 aromatic carbocycles. The number of carbonyl (C=O) groups is 1. The Balaban J connectivity index is 0.00000392. The number of guanidine groups is 1. The van der Waals surface area contributed by atoms with Crippen LogP contribution in [-0.2, 0) is 14.9 Å². The van der Waals surface area contributed by atoms with Crippen molar-refractivity contribution in [1.82, 2.24) is 15.5 Å². The van der Waals surface area contributed by atoms with Gasteiger partial charge in [0.25, 0.3) is 0 Å². The Kier molecular flexibility index (Phi) is 11.4. The van der Waals surface area contributed by atoms with Crippen molar-refractivity contribution in [2.24, 2.45) is 4.99 Å². The minimum absolute atomic E-state index is 0. The van der Waals surface area contributed by atoms with Crippen LogP contribution in [-0.4, -0.2) is 63.7 Å². The van der Waals surface area contributed by atoms with Crippen molar-refractivity contribution in [3.05, 3.63) is 34.3 Å². The molecule has 0 unspecified atom stereocenters. The van der Waals surface area contributed by atoms with Crippen LogP contribution in [0.25, 0.3) is 0 Å². The molecule has 1 aromatic rings. The molecule has 1 saturated carbocycles. The number of benzene rings is 1. The Morgan fingerprint density at radius 2 is 2.00 bits per heavy atom. The summed E-state index contributed by atoms with van der Waals surface area (Å²) >= 11 is 3.67. The van der Waals surface area contributed by atoms with Crippen LogP contribution in [0.2, 0.25) is 0 Å². The smallest absolute Gasteiger partial charge is 0.243 e. The van der Waals surface area contributed by atoms with Crippen LogP contribution < -0.4 is 10.6 Å². The van der Waals surface area contributed by atoms with E-state index in [9.17, 15) is 4.79 Å². The molecule has 0 saturated heterocycles. The van der Waals surface area contributed by atoms with Crippen molar-refractivity contribution >= 4 is 51.8 Å². The SMILES string of the molecule is CCOCCCNC(=NCC(=O)N(C)C)NCC1(c2ccccc2Br)CC1.I. The number of amides is 1. The van der Waals surface area contributed by atoms with Gasteiger partial charge in [-0.2, -0.15) is 0 Å². The van der Waals surface area contributed by atoms with Gasteiger partial charge in [0.1, 0.15) is 6.54 Å². The second-order valence-electron chi connectivity index (χ2n) is 7.04. The molecule has 0 aliphatic heterocycles. The molecule has 0 aromatic heterocycles. The Hall–Kier alpha value is -0.870. The maximum absolute atomic E-state index is 11.9. The van der Waals surface area contributed by atoms with Gasteiger partial charge in [-0.05, 0) is 37.8 Å². The van der Waals surface area contributed by atoms with Crippen LogP contribution in [0, 0.1) is 0 Å². The van der Waals surface area contributed by atoms with Crippen molar-refractivity contribution in [1.29, 1.82) is 0 Å². The summed E-state index contributed by atoms with van der Waals surface area (Å²) in [6.45, 7) is 5.12. The monoisotopic (exact) mass is 566 g/mol. The van der Waals surface area contributed by atoms with Crippen LogP contribution in [0.4, 0.5) is 0 Å². The minimum atomic E-state index is -0.0163. The van der Waals surface area contributed by atoms with E-state index in [1.54, 1.807) is 19.0 Å². The van der Waals surface area contributed by atoms with E-state index in [0.717, 1.165) is 43.4 Å². The lowest BCUT2D eigenvalue weighted by Gasteiger charge is -2.20. The number of hydrogen-bond acceptors (Lipinski definition) is 3. The zero-order valence-corrected chi connectivity index (χ0v) is 20.9. The topological polar surface area (TPSA) is 66.0 Å². The predicted octanol–water partition coefficient (Wildman–Crippen LogP) is 3.15. The van der Waals surface area contributed by atoms with Crippen LogP contribution in [0.5, 0.6) is 0 Å². The van der Waals surface area contributed by atoms with Crippen molar-refractivity contribution in [3.8, 4) is 0 Å². The molecule has 1 aliphatic carbocycles. The number of likely N-dealkylation sites (N-methyl/N-ethyl adjacent to an activating group) is 1. The number of hydrogen-bond donors (Lipinski definition) is 2. The molecular formula is C20H32BrIN4O2. The van der Waals surface area contributed by atoms with Gasteiger partial charge < -0.3 is 20.3 Å². The van der Waals surface area contributed by atoms with Gasteiger partial charge in [-0.15, -0.1) is 24.0 Å². The third-order valence-electron chi connectivity index (χ3n) is 4.73. The fourth-order valence-corrected chi connectivity index (χ4v) is 3.53. The van der Waals surface area contributed by atoms with Gasteiger partial charge in [-0.1, -0.05) is 34.1 Å². The molecule has 8 heteroatoms. The summed E-state index contributed by atoms with van der Waals surface area (Å²) in [5, 5.41) is 6.76. The summed E-state index contributed by atoms with van der Waals surface area (Å²) in [5.74, 6) is 0.664. The van der Waals surface area contributed by atoms with Crippen molar-refractivity contribution in [2.75, 3.05) is 46.9 Å². The molecule has 6 nitrogen and oxygen atoms in total. The summed E-state index contributed by atoms with van der Waals surface area (Å²) in [4.78, 5) is 17.9. The third-order valence-corrected chi connectivity index (χ3v) is 5.42. The summed E-state index contributed by atoms with van der Waals surface area (Å²) in [5.41, 5.74) is 1.47. The van der Waals surface area contributed by atoms with E-state index in [2.05, 4.69) is 49.8 Å². The van der Waals surface area contributed by atoms with Gasteiger partial charge in [0.05, 0.1) is 0 Å². The predicted molar refractivity (Wildman–Crippen MR) is 129 cm³/mol. The molecule has 158 valence electrons. The Morgan fingerprint density at radius 3 is 2.61 bits per heavy atom. The number of carbonyl (C=O) groups excluding carboxylic acids is 1. The van der Waals surface area contributed by atoms with E-state index in [4.69, 9.17) is 4.74 Å². The van der Waals surface area contributed by atoms with Crippen LogP contribution in [0.3, 0.4) is 0 Å². The lowest BCUT2D eigenvalue weighted by molar-refractivity contribution is -0.127. The van der Waals surface area contributed by atoms with E-state index in [1.807, 2.05) is 13.0 Å². The molecule has 0 heterocycles. The van der Waals surface area contributed by atoms with Gasteiger partial charge in [0.2, 0.25) is 5.91 Å². The Bertz CT molecular complexity index is 651. The van der Waals surface area contributed by atoms with E-state index in [1.165, 1.54) is 5.56 Å². The molecule has 2 N–H and O–H groups in total. The van der Waals surface area contributed by atoms with Crippen molar-refractivity contribution in [3.63, 3.8) is 0 Å². The van der Waals surface area contributed by atoms with E-state index in [-0.39, 0.29) is 41.8 Å². The fraction of sp³-hybridized carbons (Fsp3) is 0.600. The quantitative estimate of drug-likeness (QED) is 0.198. The molecule has 1 amide bonds. The van der Waals surface area contributed by atoms with E-state index in [0.29, 0.717) is 12.6 Å². The van der Waals surface area contributed by atoms with Gasteiger partial charge >= 0.3 is 0 Å². The maximum atomic E-state index is 11.9. The van der Waals surface area contributed by atoms with Crippen molar-refractivity contribution < 1.29 is 9.53 Å². The molecule has 0 atom stereocenters. The molecule has 0 bridgehead atoms. The molecular weight excluding hydrogens is 535 g/mol. The summed E-state index contributed by atoms with van der Waals surface area (Å²) in [6.07, 6.45) is 3.19. The van der Waals surface area contributed by atoms with Crippen LogP contribution in [0.15, 0.2) is 33.7 Å². The maximum Gasteiger partial charge on any atom is 0.243 e. The van der Waals surface area contributed by atoms with Gasteiger partial charge in [-0.25, -0.2) is 4.99 Å². The lowest BCUT2D eigenvalue weighted by Crippen LogP contribution is -2.42. The highest BCUT2D eigenvalue weighted by Gasteiger charge is 2.45. The van der Waals surface area contributed by atoms with E-state index >= 15 is 0 Å². The largest absolute Gasteiger partial charge is 0.382 e. The van der Waals surface area contributed by atoms with Gasteiger partial charge in [0.15, 0.2) is 5.96 Å². The highest BCUT2D eigenvalue weighted by molar-refractivity contribution is 14.0. The number of halogens is 2. The second kappa shape index (κ2) is 12.6. The van der Waals surface area contributed by atoms with Crippen LogP contribution in [0.1, 0.15) is 31.7 Å². The second-order valence-corrected chi connectivity index (χ2v) is 7.90. The summed E-state index contributed by atoms with van der Waals surface area (Å²) < 4.78 is 6.52. The number of nitrogens with zero attached hydrogens (tertiary/aromatic N) is 2. The van der Waals surface area contributed by atoms with E-state index < -0.39 is 0 Å².